The van der Waals surface area contributed by atoms with Crippen molar-refractivity contribution in [1.29, 1.82) is 0 Å². The van der Waals surface area contributed by atoms with Crippen molar-refractivity contribution < 1.29 is 9.32 Å². The molecular weight excluding hydrogens is 248 g/mol. The molecule has 0 saturated carbocycles. The quantitative estimate of drug-likeness (QED) is 0.750. The SMILES string of the molecule is Cc1nc(CCNC(=O)C(N)c2cnn(C)c2)no1. The van der Waals surface area contributed by atoms with E-state index in [2.05, 4.69) is 20.6 Å². The molecule has 0 aliphatic rings. The Bertz CT molecular complexity index is 561. The lowest BCUT2D eigenvalue weighted by atomic mass is 10.1. The molecule has 8 heteroatoms. The highest BCUT2D eigenvalue weighted by Crippen LogP contribution is 2.08. The predicted molar refractivity (Wildman–Crippen MR) is 65.9 cm³/mol. The summed E-state index contributed by atoms with van der Waals surface area (Å²) in [6.45, 7) is 2.12. The van der Waals surface area contributed by atoms with Crippen LogP contribution in [0.4, 0.5) is 0 Å². The van der Waals surface area contributed by atoms with Crippen molar-refractivity contribution in [2.75, 3.05) is 6.54 Å². The van der Waals surface area contributed by atoms with Crippen molar-refractivity contribution in [3.63, 3.8) is 0 Å². The van der Waals surface area contributed by atoms with Crippen molar-refractivity contribution >= 4 is 5.91 Å². The van der Waals surface area contributed by atoms with E-state index in [-0.39, 0.29) is 5.91 Å². The smallest absolute Gasteiger partial charge is 0.241 e. The molecule has 1 unspecified atom stereocenters. The van der Waals surface area contributed by atoms with E-state index in [0.717, 1.165) is 0 Å². The van der Waals surface area contributed by atoms with Crippen LogP contribution in [0.1, 0.15) is 23.3 Å². The Labute approximate surface area is 110 Å². The summed E-state index contributed by atoms with van der Waals surface area (Å²) >= 11 is 0. The molecule has 0 spiro atoms. The van der Waals surface area contributed by atoms with Crippen molar-refractivity contribution in [3.05, 3.63) is 29.7 Å². The van der Waals surface area contributed by atoms with Crippen LogP contribution in [-0.2, 0) is 18.3 Å². The van der Waals surface area contributed by atoms with Crippen molar-refractivity contribution in [3.8, 4) is 0 Å². The van der Waals surface area contributed by atoms with Gasteiger partial charge in [0.2, 0.25) is 11.8 Å². The number of nitrogens with two attached hydrogens (primary N) is 1. The largest absolute Gasteiger partial charge is 0.354 e. The summed E-state index contributed by atoms with van der Waals surface area (Å²) in [7, 11) is 1.77. The first-order valence-electron chi connectivity index (χ1n) is 5.87. The second-order valence-corrected chi connectivity index (χ2v) is 4.20. The van der Waals surface area contributed by atoms with Crippen LogP contribution in [0.3, 0.4) is 0 Å². The van der Waals surface area contributed by atoms with Gasteiger partial charge in [-0.05, 0) is 0 Å². The van der Waals surface area contributed by atoms with Gasteiger partial charge in [-0.15, -0.1) is 0 Å². The molecule has 1 atom stereocenters. The fourth-order valence-electron chi connectivity index (χ4n) is 1.60. The van der Waals surface area contributed by atoms with Crippen LogP contribution in [0.2, 0.25) is 0 Å². The van der Waals surface area contributed by atoms with Crippen LogP contribution >= 0.6 is 0 Å². The molecule has 2 heterocycles. The molecule has 8 nitrogen and oxygen atoms in total. The van der Waals surface area contributed by atoms with Gasteiger partial charge in [0.05, 0.1) is 6.20 Å². The minimum atomic E-state index is -0.722. The summed E-state index contributed by atoms with van der Waals surface area (Å²) in [4.78, 5) is 15.9. The average Bonchev–Trinajstić information content (AvgIpc) is 2.97. The minimum absolute atomic E-state index is 0.256. The first-order chi connectivity index (χ1) is 9.06. The molecule has 0 aromatic carbocycles. The highest BCUT2D eigenvalue weighted by atomic mass is 16.5. The van der Waals surface area contributed by atoms with E-state index < -0.39 is 6.04 Å². The Morgan fingerprint density at radius 3 is 3.00 bits per heavy atom. The van der Waals surface area contributed by atoms with Gasteiger partial charge in [0.15, 0.2) is 5.82 Å². The molecule has 2 aromatic heterocycles. The number of aromatic nitrogens is 4. The predicted octanol–water partition coefficient (Wildman–Crippen LogP) is -0.530. The summed E-state index contributed by atoms with van der Waals surface area (Å²) in [5.74, 6) is 0.814. The third-order valence-electron chi connectivity index (χ3n) is 2.58. The van der Waals surface area contributed by atoms with E-state index >= 15 is 0 Å². The number of amides is 1. The first kappa shape index (κ1) is 13.2. The van der Waals surface area contributed by atoms with E-state index in [1.807, 2.05) is 0 Å². The number of hydrogen-bond donors (Lipinski definition) is 2. The molecule has 2 rings (SSSR count). The summed E-state index contributed by atoms with van der Waals surface area (Å²) in [5, 5.41) is 10.4. The topological polar surface area (TPSA) is 112 Å². The van der Waals surface area contributed by atoms with Crippen LogP contribution in [0.25, 0.3) is 0 Å². The van der Waals surface area contributed by atoms with Crippen LogP contribution in [0.15, 0.2) is 16.9 Å². The average molecular weight is 264 g/mol. The fraction of sp³-hybridized carbons (Fsp3) is 0.455. The lowest BCUT2D eigenvalue weighted by molar-refractivity contribution is -0.122. The maximum Gasteiger partial charge on any atom is 0.241 e. The van der Waals surface area contributed by atoms with Crippen molar-refractivity contribution in [1.82, 2.24) is 25.2 Å². The Kier molecular flexibility index (Phi) is 3.91. The van der Waals surface area contributed by atoms with Gasteiger partial charge in [-0.2, -0.15) is 10.1 Å². The number of nitrogens with one attached hydrogen (secondary N) is 1. The lowest BCUT2D eigenvalue weighted by Crippen LogP contribution is -2.35. The number of rotatable bonds is 5. The zero-order valence-corrected chi connectivity index (χ0v) is 10.8. The van der Waals surface area contributed by atoms with E-state index in [1.54, 1.807) is 31.0 Å². The van der Waals surface area contributed by atoms with Crippen LogP contribution in [0.5, 0.6) is 0 Å². The molecule has 0 aliphatic heterocycles. The number of carbonyl (C=O) groups is 1. The van der Waals surface area contributed by atoms with Crippen LogP contribution in [0, 0.1) is 6.92 Å². The van der Waals surface area contributed by atoms with Gasteiger partial charge < -0.3 is 15.6 Å². The number of hydrogen-bond acceptors (Lipinski definition) is 6. The molecule has 3 N–H and O–H groups in total. The molecule has 0 bridgehead atoms. The Morgan fingerprint density at radius 2 is 2.42 bits per heavy atom. The van der Waals surface area contributed by atoms with Gasteiger partial charge in [-0.25, -0.2) is 0 Å². The minimum Gasteiger partial charge on any atom is -0.354 e. The maximum absolute atomic E-state index is 11.8. The van der Waals surface area contributed by atoms with Gasteiger partial charge in [0, 0.05) is 38.7 Å². The summed E-state index contributed by atoms with van der Waals surface area (Å²) in [6, 6.07) is -0.722. The van der Waals surface area contributed by atoms with Crippen LogP contribution in [-0.4, -0.2) is 32.4 Å². The summed E-state index contributed by atoms with van der Waals surface area (Å²) < 4.78 is 6.43. The number of aryl methyl sites for hydroxylation is 2. The molecule has 0 saturated heterocycles. The molecule has 1 amide bonds. The highest BCUT2D eigenvalue weighted by Gasteiger charge is 2.16. The molecule has 0 radical (unpaired) electrons. The highest BCUT2D eigenvalue weighted by molar-refractivity contribution is 5.82. The number of carbonyl (C=O) groups excluding carboxylic acids is 1. The van der Waals surface area contributed by atoms with Gasteiger partial charge in [-0.3, -0.25) is 9.48 Å². The monoisotopic (exact) mass is 264 g/mol. The maximum atomic E-state index is 11.8. The molecule has 0 fully saturated rings. The van der Waals surface area contributed by atoms with Gasteiger partial charge >= 0.3 is 0 Å². The normalized spacial score (nSPS) is 12.4. The van der Waals surface area contributed by atoms with Crippen molar-refractivity contribution in [2.45, 2.75) is 19.4 Å². The van der Waals surface area contributed by atoms with E-state index in [4.69, 9.17) is 10.3 Å². The second-order valence-electron chi connectivity index (χ2n) is 4.20. The molecule has 19 heavy (non-hydrogen) atoms. The van der Waals surface area contributed by atoms with E-state index in [1.165, 1.54) is 0 Å². The van der Waals surface area contributed by atoms with Crippen molar-refractivity contribution in [2.24, 2.45) is 12.8 Å². The van der Waals surface area contributed by atoms with Gasteiger partial charge in [0.1, 0.15) is 6.04 Å². The molecular formula is C11H16N6O2. The summed E-state index contributed by atoms with van der Waals surface area (Å²) in [5.41, 5.74) is 6.50. The summed E-state index contributed by atoms with van der Waals surface area (Å²) in [6.07, 6.45) is 3.79. The molecule has 102 valence electrons. The third kappa shape index (κ3) is 3.38. The zero-order chi connectivity index (χ0) is 13.8. The Morgan fingerprint density at radius 1 is 1.63 bits per heavy atom. The fourth-order valence-corrected chi connectivity index (χ4v) is 1.60. The lowest BCUT2D eigenvalue weighted by Gasteiger charge is -2.09. The second kappa shape index (κ2) is 5.61. The zero-order valence-electron chi connectivity index (χ0n) is 10.8. The standard InChI is InChI=1S/C11H16N6O2/c1-7-15-9(16-19-7)3-4-13-11(18)10(12)8-5-14-17(2)6-8/h5-6,10H,3-4,12H2,1-2H3,(H,13,18). The van der Waals surface area contributed by atoms with E-state index in [9.17, 15) is 4.79 Å². The Balaban J connectivity index is 1.81. The third-order valence-corrected chi connectivity index (χ3v) is 2.58. The van der Waals surface area contributed by atoms with Gasteiger partial charge in [0.25, 0.3) is 0 Å². The van der Waals surface area contributed by atoms with Crippen LogP contribution < -0.4 is 11.1 Å². The number of nitrogens with zero attached hydrogens (tertiary/aromatic N) is 4. The van der Waals surface area contributed by atoms with E-state index in [0.29, 0.717) is 30.2 Å². The first-order valence-corrected chi connectivity index (χ1v) is 5.87. The van der Waals surface area contributed by atoms with Gasteiger partial charge in [-0.1, -0.05) is 5.16 Å². The molecule has 2 aromatic rings. The molecule has 0 aliphatic carbocycles. The Hall–Kier alpha value is -2.22.